The van der Waals surface area contributed by atoms with Crippen molar-refractivity contribution in [1.82, 2.24) is 0 Å². The van der Waals surface area contributed by atoms with Gasteiger partial charge >= 0.3 is 0 Å². The Kier molecular flexibility index (Phi) is 5.38. The van der Waals surface area contributed by atoms with Gasteiger partial charge in [-0.25, -0.2) is 8.42 Å². The number of carbonyl (C=O) groups is 1. The van der Waals surface area contributed by atoms with Crippen LogP contribution in [0, 0.1) is 0 Å². The molecule has 1 amide bonds. The minimum Gasteiger partial charge on any atom is -0.495 e. The smallest absolute Gasteiger partial charge is 0.248 e. The first-order valence-electron chi connectivity index (χ1n) is 8.36. The topological polar surface area (TPSA) is 76.0 Å². The van der Waals surface area contributed by atoms with Gasteiger partial charge in [0, 0.05) is 11.7 Å². The Morgan fingerprint density at radius 3 is 2.84 bits per heavy atom. The molecule has 2 aliphatic heterocycles. The molecule has 136 valence electrons. The highest BCUT2D eigenvalue weighted by Crippen LogP contribution is 2.43. The summed E-state index contributed by atoms with van der Waals surface area (Å²) in [5.74, 6) is 0.676. The maximum Gasteiger partial charge on any atom is 0.248 e. The zero-order valence-electron chi connectivity index (χ0n) is 14.3. The van der Waals surface area contributed by atoms with Gasteiger partial charge in [0.05, 0.1) is 30.3 Å². The number of fused-ring (bicyclic) bond motifs is 1. The third kappa shape index (κ3) is 3.84. The van der Waals surface area contributed by atoms with Crippen LogP contribution in [0.15, 0.2) is 29.3 Å². The molecule has 8 heteroatoms. The number of hydrogen-bond donors (Lipinski definition) is 0. The number of thioether (sulfide) groups is 1. The van der Waals surface area contributed by atoms with Crippen LogP contribution in [0.1, 0.15) is 26.2 Å². The number of anilines is 1. The Hall–Kier alpha value is -1.54. The van der Waals surface area contributed by atoms with Crippen molar-refractivity contribution in [3.8, 4) is 5.75 Å². The van der Waals surface area contributed by atoms with E-state index in [1.165, 1.54) is 11.8 Å². The van der Waals surface area contributed by atoms with Crippen molar-refractivity contribution in [1.29, 1.82) is 0 Å². The number of para-hydroxylation sites is 2. The number of methoxy groups -OCH3 is 1. The average molecular weight is 383 g/mol. The van der Waals surface area contributed by atoms with E-state index in [0.29, 0.717) is 17.3 Å². The van der Waals surface area contributed by atoms with Crippen LogP contribution in [0.25, 0.3) is 0 Å². The highest BCUT2D eigenvalue weighted by Gasteiger charge is 2.49. The van der Waals surface area contributed by atoms with E-state index in [1.54, 1.807) is 7.11 Å². The molecular formula is C17H22N2O4S2. The monoisotopic (exact) mass is 382 g/mol. The molecule has 1 aromatic rings. The van der Waals surface area contributed by atoms with Crippen molar-refractivity contribution in [3.63, 3.8) is 0 Å². The summed E-state index contributed by atoms with van der Waals surface area (Å²) in [6.07, 6.45) is 2.15. The fourth-order valence-electron chi connectivity index (χ4n) is 3.17. The lowest BCUT2D eigenvalue weighted by Gasteiger charge is -2.26. The summed E-state index contributed by atoms with van der Waals surface area (Å²) in [4.78, 5) is 18.3. The SMILES string of the molecule is CCCCC(=O)N=C1S[C@H]2CS(=O)(=O)C[C@@H]2N1c1ccccc1OC. The van der Waals surface area contributed by atoms with Crippen LogP contribution in [0.3, 0.4) is 0 Å². The number of benzene rings is 1. The largest absolute Gasteiger partial charge is 0.495 e. The first-order chi connectivity index (χ1) is 11.9. The standard InChI is InChI=1S/C17H22N2O4S2/c1-3-4-9-16(20)18-17-19(12-7-5-6-8-14(12)23-2)13-10-25(21,22)11-15(13)24-17/h5-8,13,15H,3-4,9-11H2,1-2H3/t13-,15-/m0/s1. The minimum absolute atomic E-state index is 0.0743. The summed E-state index contributed by atoms with van der Waals surface area (Å²) in [7, 11) is -1.50. The summed E-state index contributed by atoms with van der Waals surface area (Å²) >= 11 is 1.39. The maximum absolute atomic E-state index is 12.2. The first-order valence-corrected chi connectivity index (χ1v) is 11.1. The molecule has 2 heterocycles. The molecule has 0 N–H and O–H groups in total. The first kappa shape index (κ1) is 18.3. The summed E-state index contributed by atoms with van der Waals surface area (Å²) in [5.41, 5.74) is 0.754. The van der Waals surface area contributed by atoms with E-state index < -0.39 is 9.84 Å². The fraction of sp³-hybridized carbons (Fsp3) is 0.529. The summed E-state index contributed by atoms with van der Waals surface area (Å²) in [5, 5.41) is 0.475. The molecule has 1 aromatic carbocycles. The van der Waals surface area contributed by atoms with E-state index in [-0.39, 0.29) is 28.7 Å². The molecule has 0 spiro atoms. The molecular weight excluding hydrogens is 360 g/mol. The van der Waals surface area contributed by atoms with Crippen molar-refractivity contribution in [2.45, 2.75) is 37.5 Å². The van der Waals surface area contributed by atoms with Gasteiger partial charge in [-0.05, 0) is 18.6 Å². The highest BCUT2D eigenvalue weighted by molar-refractivity contribution is 8.16. The van der Waals surface area contributed by atoms with E-state index in [9.17, 15) is 13.2 Å². The molecule has 2 aliphatic rings. The van der Waals surface area contributed by atoms with Gasteiger partial charge in [-0.3, -0.25) is 4.79 Å². The van der Waals surface area contributed by atoms with Gasteiger partial charge in [0.2, 0.25) is 5.91 Å². The molecule has 0 saturated carbocycles. The van der Waals surface area contributed by atoms with E-state index >= 15 is 0 Å². The molecule has 0 aliphatic carbocycles. The molecule has 2 fully saturated rings. The number of nitrogens with zero attached hydrogens (tertiary/aromatic N) is 2. The third-order valence-corrected chi connectivity index (χ3v) is 7.59. The predicted molar refractivity (Wildman–Crippen MR) is 101 cm³/mol. The number of ether oxygens (including phenoxy) is 1. The Labute approximate surface area is 152 Å². The van der Waals surface area contributed by atoms with Gasteiger partial charge in [-0.2, -0.15) is 4.99 Å². The van der Waals surface area contributed by atoms with Crippen molar-refractivity contribution >= 4 is 38.4 Å². The predicted octanol–water partition coefficient (Wildman–Crippen LogP) is 2.49. The van der Waals surface area contributed by atoms with E-state index in [1.807, 2.05) is 36.1 Å². The van der Waals surface area contributed by atoms with E-state index in [4.69, 9.17) is 4.74 Å². The average Bonchev–Trinajstić information content (AvgIpc) is 3.03. The van der Waals surface area contributed by atoms with Gasteiger partial charge in [0.15, 0.2) is 15.0 Å². The number of unbranched alkanes of at least 4 members (excludes halogenated alkanes) is 1. The van der Waals surface area contributed by atoms with Gasteiger partial charge in [-0.1, -0.05) is 37.2 Å². The molecule has 2 atom stereocenters. The van der Waals surface area contributed by atoms with Crippen LogP contribution in [0.4, 0.5) is 5.69 Å². The number of sulfone groups is 1. The molecule has 0 aromatic heterocycles. The number of rotatable bonds is 5. The molecule has 0 radical (unpaired) electrons. The maximum atomic E-state index is 12.2. The molecule has 6 nitrogen and oxygen atoms in total. The number of carbonyl (C=O) groups excluding carboxylic acids is 1. The second kappa shape index (κ2) is 7.37. The van der Waals surface area contributed by atoms with Crippen LogP contribution in [-0.4, -0.2) is 49.4 Å². The number of aliphatic imine (C=N–C) groups is 1. The highest BCUT2D eigenvalue weighted by atomic mass is 32.2. The normalized spacial score (nSPS) is 26.0. The van der Waals surface area contributed by atoms with Gasteiger partial charge in [0.1, 0.15) is 5.75 Å². The minimum atomic E-state index is -3.08. The van der Waals surface area contributed by atoms with Crippen molar-refractivity contribution < 1.29 is 17.9 Å². The van der Waals surface area contributed by atoms with Crippen molar-refractivity contribution in [3.05, 3.63) is 24.3 Å². The Morgan fingerprint density at radius 1 is 1.36 bits per heavy atom. The lowest BCUT2D eigenvalue weighted by molar-refractivity contribution is -0.117. The zero-order chi connectivity index (χ0) is 18.0. The Balaban J connectivity index is 1.98. The fourth-order valence-corrected chi connectivity index (χ4v) is 7.09. The lowest BCUT2D eigenvalue weighted by Crippen LogP contribution is -2.38. The summed E-state index contributed by atoms with van der Waals surface area (Å²) in [6, 6.07) is 7.21. The molecule has 25 heavy (non-hydrogen) atoms. The Bertz CT molecular complexity index is 792. The molecule has 2 saturated heterocycles. The quantitative estimate of drug-likeness (QED) is 0.779. The lowest BCUT2D eigenvalue weighted by atomic mass is 10.2. The van der Waals surface area contributed by atoms with Crippen molar-refractivity contribution in [2.75, 3.05) is 23.5 Å². The summed E-state index contributed by atoms with van der Waals surface area (Å²) in [6.45, 7) is 2.03. The van der Waals surface area contributed by atoms with Gasteiger partial charge in [-0.15, -0.1) is 0 Å². The zero-order valence-corrected chi connectivity index (χ0v) is 16.0. The Morgan fingerprint density at radius 2 is 2.12 bits per heavy atom. The number of amidine groups is 1. The van der Waals surface area contributed by atoms with Crippen LogP contribution < -0.4 is 9.64 Å². The number of amides is 1. The van der Waals surface area contributed by atoms with Crippen LogP contribution in [0.2, 0.25) is 0 Å². The summed E-state index contributed by atoms with van der Waals surface area (Å²) < 4.78 is 29.6. The number of hydrogen-bond acceptors (Lipinski definition) is 5. The van der Waals surface area contributed by atoms with E-state index in [0.717, 1.165) is 18.5 Å². The van der Waals surface area contributed by atoms with Crippen LogP contribution in [-0.2, 0) is 14.6 Å². The molecule has 0 unspecified atom stereocenters. The van der Waals surface area contributed by atoms with E-state index in [2.05, 4.69) is 4.99 Å². The third-order valence-electron chi connectivity index (χ3n) is 4.38. The van der Waals surface area contributed by atoms with Crippen molar-refractivity contribution in [2.24, 2.45) is 4.99 Å². The second-order valence-electron chi connectivity index (χ2n) is 6.23. The second-order valence-corrected chi connectivity index (χ2v) is 9.59. The molecule has 0 bridgehead atoms. The van der Waals surface area contributed by atoms with Crippen LogP contribution in [0.5, 0.6) is 5.75 Å². The molecule has 3 rings (SSSR count). The van der Waals surface area contributed by atoms with Crippen LogP contribution >= 0.6 is 11.8 Å². The van der Waals surface area contributed by atoms with Gasteiger partial charge < -0.3 is 9.64 Å². The van der Waals surface area contributed by atoms with Gasteiger partial charge in [0.25, 0.3) is 0 Å².